The van der Waals surface area contributed by atoms with E-state index in [0.29, 0.717) is 18.6 Å². The van der Waals surface area contributed by atoms with E-state index >= 15 is 0 Å². The number of epoxide rings is 2. The molecule has 5 nitrogen and oxygen atoms in total. The van der Waals surface area contributed by atoms with Gasteiger partial charge in [-0.25, -0.2) is 0 Å². The van der Waals surface area contributed by atoms with Crippen molar-refractivity contribution in [2.75, 3.05) is 26.4 Å². The number of unbranched alkanes of at least 4 members (excludes halogenated alkanes) is 14. The maximum Gasteiger partial charge on any atom is 0.303 e. The van der Waals surface area contributed by atoms with Crippen molar-refractivity contribution in [2.24, 2.45) is 0 Å². The lowest BCUT2D eigenvalue weighted by Gasteiger charge is -2.03. The molecule has 0 bridgehead atoms. The lowest BCUT2D eigenvalue weighted by atomic mass is 10.0. The van der Waals surface area contributed by atoms with E-state index in [2.05, 4.69) is 6.92 Å². The van der Waals surface area contributed by atoms with Crippen molar-refractivity contribution >= 4 is 5.97 Å². The average Bonchev–Trinajstić information content (AvgIpc) is 3.61. The van der Waals surface area contributed by atoms with E-state index in [1.807, 2.05) is 0 Å². The van der Waals surface area contributed by atoms with Crippen LogP contribution < -0.4 is 0 Å². The van der Waals surface area contributed by atoms with E-state index in [9.17, 15) is 4.79 Å². The van der Waals surface area contributed by atoms with Crippen LogP contribution in [0.1, 0.15) is 110 Å². The van der Waals surface area contributed by atoms with Crippen LogP contribution >= 0.6 is 0 Å². The van der Waals surface area contributed by atoms with E-state index in [0.717, 1.165) is 39.3 Å². The number of aliphatic carboxylic acids is 1. The zero-order valence-electron chi connectivity index (χ0n) is 18.9. The summed E-state index contributed by atoms with van der Waals surface area (Å²) in [5, 5.41) is 8.52. The summed E-state index contributed by atoms with van der Waals surface area (Å²) in [6.07, 6.45) is 21.0. The molecule has 172 valence electrons. The van der Waals surface area contributed by atoms with Gasteiger partial charge in [0.25, 0.3) is 0 Å². The van der Waals surface area contributed by atoms with Crippen LogP contribution in [0, 0.1) is 0 Å². The van der Waals surface area contributed by atoms with Crippen molar-refractivity contribution in [3.05, 3.63) is 0 Å². The second kappa shape index (κ2) is 19.3. The van der Waals surface area contributed by atoms with Crippen LogP contribution in [0.4, 0.5) is 0 Å². The quantitative estimate of drug-likeness (QED) is 0.191. The summed E-state index contributed by atoms with van der Waals surface area (Å²) < 4.78 is 15.1. The first-order chi connectivity index (χ1) is 14.2. The average molecular weight is 415 g/mol. The highest BCUT2D eigenvalue weighted by Gasteiger charge is 2.26. The molecule has 0 aliphatic carbocycles. The molecule has 0 aromatic rings. The van der Waals surface area contributed by atoms with Crippen LogP contribution in [0.15, 0.2) is 0 Å². The van der Waals surface area contributed by atoms with Crippen molar-refractivity contribution in [2.45, 2.75) is 122 Å². The second-order valence-electron chi connectivity index (χ2n) is 8.54. The van der Waals surface area contributed by atoms with Crippen molar-refractivity contribution in [1.29, 1.82) is 0 Å². The molecule has 2 rings (SSSR count). The van der Waals surface area contributed by atoms with Crippen LogP contribution in [0.25, 0.3) is 0 Å². The van der Waals surface area contributed by atoms with Crippen LogP contribution in [0.2, 0.25) is 0 Å². The number of ether oxygens (including phenoxy) is 3. The van der Waals surface area contributed by atoms with Gasteiger partial charge in [-0.1, -0.05) is 96.8 Å². The van der Waals surface area contributed by atoms with Crippen molar-refractivity contribution in [3.63, 3.8) is 0 Å². The molecule has 2 aliphatic rings. The minimum atomic E-state index is -0.653. The Hall–Kier alpha value is -0.650. The smallest absolute Gasteiger partial charge is 0.303 e. The van der Waals surface area contributed by atoms with Gasteiger partial charge in [-0.3, -0.25) is 4.79 Å². The third-order valence-electron chi connectivity index (χ3n) is 5.41. The topological polar surface area (TPSA) is 71.6 Å². The van der Waals surface area contributed by atoms with Gasteiger partial charge < -0.3 is 19.3 Å². The summed E-state index contributed by atoms with van der Waals surface area (Å²) in [5.41, 5.74) is 0. The molecule has 0 spiro atoms. The van der Waals surface area contributed by atoms with Crippen LogP contribution in [-0.2, 0) is 19.0 Å². The highest BCUT2D eigenvalue weighted by Crippen LogP contribution is 2.14. The lowest BCUT2D eigenvalue weighted by molar-refractivity contribution is -0.137. The molecule has 0 aromatic carbocycles. The fraction of sp³-hybridized carbons (Fsp3) is 0.958. The lowest BCUT2D eigenvalue weighted by Crippen LogP contribution is -2.06. The molecule has 2 saturated heterocycles. The third-order valence-corrected chi connectivity index (χ3v) is 5.41. The summed E-state index contributed by atoms with van der Waals surface area (Å²) in [6, 6.07) is 0. The fourth-order valence-corrected chi connectivity index (χ4v) is 3.31. The van der Waals surface area contributed by atoms with Crippen molar-refractivity contribution in [1.82, 2.24) is 0 Å². The van der Waals surface area contributed by atoms with E-state index < -0.39 is 5.97 Å². The largest absolute Gasteiger partial charge is 0.481 e. The molecule has 2 atom stereocenters. The molecule has 1 N–H and O–H groups in total. The highest BCUT2D eigenvalue weighted by atomic mass is 16.6. The number of hydrogen-bond acceptors (Lipinski definition) is 4. The summed E-state index contributed by atoms with van der Waals surface area (Å²) in [7, 11) is 0. The Morgan fingerprint density at radius 3 is 1.38 bits per heavy atom. The number of carboxylic acids is 1. The monoisotopic (exact) mass is 414 g/mol. The van der Waals surface area contributed by atoms with E-state index in [-0.39, 0.29) is 0 Å². The molecule has 2 fully saturated rings. The van der Waals surface area contributed by atoms with Gasteiger partial charge in [-0.2, -0.15) is 0 Å². The van der Waals surface area contributed by atoms with Gasteiger partial charge in [-0.15, -0.1) is 0 Å². The zero-order chi connectivity index (χ0) is 21.0. The Morgan fingerprint density at radius 2 is 1.07 bits per heavy atom. The molecule has 0 radical (unpaired) electrons. The SMILES string of the molecule is C(OCC1CO1)C1CO1.CCCCCCCCCCCCCCCCCC(=O)O. The third kappa shape index (κ3) is 21.9. The van der Waals surface area contributed by atoms with Crippen LogP contribution in [0.3, 0.4) is 0 Å². The van der Waals surface area contributed by atoms with Gasteiger partial charge in [-0.05, 0) is 6.42 Å². The first-order valence-electron chi connectivity index (χ1n) is 12.2. The molecule has 0 saturated carbocycles. The van der Waals surface area contributed by atoms with Gasteiger partial charge in [0, 0.05) is 6.42 Å². The second-order valence-corrected chi connectivity index (χ2v) is 8.54. The van der Waals surface area contributed by atoms with Crippen molar-refractivity contribution in [3.8, 4) is 0 Å². The molecule has 2 unspecified atom stereocenters. The number of rotatable bonds is 20. The first-order valence-corrected chi connectivity index (χ1v) is 12.2. The molecule has 0 aromatic heterocycles. The molecule has 0 amide bonds. The summed E-state index contributed by atoms with van der Waals surface area (Å²) in [4.78, 5) is 10.3. The van der Waals surface area contributed by atoms with Gasteiger partial charge >= 0.3 is 5.97 Å². The van der Waals surface area contributed by atoms with Gasteiger partial charge in [0.15, 0.2) is 0 Å². The van der Waals surface area contributed by atoms with Crippen LogP contribution in [0.5, 0.6) is 0 Å². The van der Waals surface area contributed by atoms with Crippen LogP contribution in [-0.4, -0.2) is 49.7 Å². The predicted octanol–water partition coefficient (Wildman–Crippen LogP) is 6.13. The molecular formula is C24H46O5. The molecular weight excluding hydrogens is 368 g/mol. The number of hydrogen-bond donors (Lipinski definition) is 1. The maximum absolute atomic E-state index is 10.3. The Morgan fingerprint density at radius 1 is 0.724 bits per heavy atom. The summed E-state index contributed by atoms with van der Waals surface area (Å²) in [5.74, 6) is -0.653. The van der Waals surface area contributed by atoms with Crippen molar-refractivity contribution < 1.29 is 24.1 Å². The van der Waals surface area contributed by atoms with E-state index in [1.54, 1.807) is 0 Å². The highest BCUT2D eigenvalue weighted by molar-refractivity contribution is 5.66. The molecule has 29 heavy (non-hydrogen) atoms. The molecule has 5 heteroatoms. The van der Waals surface area contributed by atoms with Gasteiger partial charge in [0.05, 0.1) is 26.4 Å². The Balaban J connectivity index is 0.000000379. The minimum Gasteiger partial charge on any atom is -0.481 e. The molecule has 2 heterocycles. The van der Waals surface area contributed by atoms with Gasteiger partial charge in [0.2, 0.25) is 0 Å². The number of carboxylic acid groups (broad SMARTS) is 1. The fourth-order valence-electron chi connectivity index (χ4n) is 3.31. The number of carbonyl (C=O) groups is 1. The van der Waals surface area contributed by atoms with E-state index in [1.165, 1.54) is 83.5 Å². The molecule has 2 aliphatic heterocycles. The normalized spacial score (nSPS) is 19.5. The van der Waals surface area contributed by atoms with Gasteiger partial charge in [0.1, 0.15) is 12.2 Å². The van der Waals surface area contributed by atoms with E-state index in [4.69, 9.17) is 19.3 Å². The Kier molecular flexibility index (Phi) is 17.6. The predicted molar refractivity (Wildman–Crippen MR) is 117 cm³/mol. The maximum atomic E-state index is 10.3. The first kappa shape index (κ1) is 26.4. The summed E-state index contributed by atoms with van der Waals surface area (Å²) in [6.45, 7) is 5.53. The Bertz CT molecular complexity index is 354. The Labute approximate surface area is 178 Å². The standard InChI is InChI=1S/C18H36O2.C6H10O3/c1-2-3-4-5-6-7-8-9-10-11-12-13-14-15-16-17-18(19)20;1(5-3-8-5)7-2-6-4-9-6/h2-17H2,1H3,(H,19,20);5-6H,1-4H2. The zero-order valence-corrected chi connectivity index (χ0v) is 18.9. The summed E-state index contributed by atoms with van der Waals surface area (Å²) >= 11 is 0. The minimum absolute atomic E-state index is 0.345.